The van der Waals surface area contributed by atoms with E-state index in [4.69, 9.17) is 5.26 Å². The van der Waals surface area contributed by atoms with Crippen LogP contribution in [0.1, 0.15) is 11.1 Å². The molecule has 0 bridgehead atoms. The molecule has 17 heavy (non-hydrogen) atoms. The van der Waals surface area contributed by atoms with Crippen molar-refractivity contribution in [2.45, 2.75) is 6.54 Å². The van der Waals surface area contributed by atoms with Crippen molar-refractivity contribution in [1.82, 2.24) is 0 Å². The first-order valence-electron chi connectivity index (χ1n) is 5.27. The van der Waals surface area contributed by atoms with Gasteiger partial charge in [0.15, 0.2) is 5.82 Å². The summed E-state index contributed by atoms with van der Waals surface area (Å²) < 4.78 is 13.7. The van der Waals surface area contributed by atoms with Gasteiger partial charge in [-0.2, -0.15) is 5.26 Å². The maximum absolute atomic E-state index is 13.7. The molecule has 0 fully saturated rings. The Labute approximate surface area is 99.3 Å². The van der Waals surface area contributed by atoms with Crippen molar-refractivity contribution in [1.29, 1.82) is 5.26 Å². The minimum absolute atomic E-state index is 0.0584. The Morgan fingerprint density at radius 3 is 2.53 bits per heavy atom. The van der Waals surface area contributed by atoms with E-state index in [0.29, 0.717) is 12.2 Å². The highest BCUT2D eigenvalue weighted by Crippen LogP contribution is 2.18. The van der Waals surface area contributed by atoms with Gasteiger partial charge in [-0.05, 0) is 17.7 Å². The zero-order chi connectivity index (χ0) is 12.1. The largest absolute Gasteiger partial charge is 0.379 e. The molecule has 0 atom stereocenters. The molecule has 84 valence electrons. The third kappa shape index (κ3) is 2.61. The summed E-state index contributed by atoms with van der Waals surface area (Å²) in [6.07, 6.45) is 0. The molecule has 0 aliphatic carbocycles. The van der Waals surface area contributed by atoms with Crippen LogP contribution in [0.3, 0.4) is 0 Å². The van der Waals surface area contributed by atoms with E-state index in [9.17, 15) is 4.39 Å². The van der Waals surface area contributed by atoms with Crippen LogP contribution in [0.4, 0.5) is 10.1 Å². The lowest BCUT2D eigenvalue weighted by atomic mass is 10.2. The van der Waals surface area contributed by atoms with E-state index >= 15 is 0 Å². The van der Waals surface area contributed by atoms with E-state index in [1.165, 1.54) is 6.07 Å². The van der Waals surface area contributed by atoms with Crippen molar-refractivity contribution >= 4 is 5.69 Å². The van der Waals surface area contributed by atoms with E-state index in [-0.39, 0.29) is 5.56 Å². The zero-order valence-electron chi connectivity index (χ0n) is 9.15. The number of hydrogen-bond acceptors (Lipinski definition) is 2. The van der Waals surface area contributed by atoms with Gasteiger partial charge in [-0.3, -0.25) is 0 Å². The van der Waals surface area contributed by atoms with Crippen LogP contribution in [0.25, 0.3) is 0 Å². The molecule has 1 N–H and O–H groups in total. The molecule has 0 radical (unpaired) electrons. The third-order valence-electron chi connectivity index (χ3n) is 2.44. The smallest absolute Gasteiger partial charge is 0.164 e. The molecule has 0 amide bonds. The van der Waals surface area contributed by atoms with Gasteiger partial charge in [-0.1, -0.05) is 36.4 Å². The van der Waals surface area contributed by atoms with E-state index in [0.717, 1.165) is 5.56 Å². The Kier molecular flexibility index (Phi) is 3.37. The number of hydrogen-bond donors (Lipinski definition) is 1. The van der Waals surface area contributed by atoms with Crippen molar-refractivity contribution in [2.75, 3.05) is 5.32 Å². The number of nitriles is 1. The summed E-state index contributed by atoms with van der Waals surface area (Å²) in [6, 6.07) is 16.3. The van der Waals surface area contributed by atoms with Crippen LogP contribution in [-0.4, -0.2) is 0 Å². The fourth-order valence-electron chi connectivity index (χ4n) is 1.55. The van der Waals surface area contributed by atoms with Crippen molar-refractivity contribution in [3.05, 3.63) is 65.5 Å². The fraction of sp³-hybridized carbons (Fsp3) is 0.0714. The first-order chi connectivity index (χ1) is 8.31. The fourth-order valence-corrected chi connectivity index (χ4v) is 1.55. The van der Waals surface area contributed by atoms with Gasteiger partial charge in [-0.25, -0.2) is 4.39 Å². The lowest BCUT2D eigenvalue weighted by Gasteiger charge is -2.08. The number of halogens is 1. The number of nitrogens with one attached hydrogen (secondary N) is 1. The van der Waals surface area contributed by atoms with Gasteiger partial charge in [0.2, 0.25) is 0 Å². The van der Waals surface area contributed by atoms with Crippen LogP contribution in [0.2, 0.25) is 0 Å². The van der Waals surface area contributed by atoms with Crippen LogP contribution >= 0.6 is 0 Å². The van der Waals surface area contributed by atoms with E-state index in [1.54, 1.807) is 12.1 Å². The summed E-state index contributed by atoms with van der Waals surface area (Å²) in [5, 5.41) is 11.7. The molecule has 3 heteroatoms. The molecule has 0 aromatic heterocycles. The molecule has 2 nitrogen and oxygen atoms in total. The molecule has 0 heterocycles. The van der Waals surface area contributed by atoms with Crippen LogP contribution in [0, 0.1) is 17.1 Å². The van der Waals surface area contributed by atoms with Gasteiger partial charge in [0.25, 0.3) is 0 Å². The topological polar surface area (TPSA) is 35.8 Å². The second kappa shape index (κ2) is 5.13. The van der Waals surface area contributed by atoms with Crippen LogP contribution in [0.5, 0.6) is 0 Å². The number of nitrogens with zero attached hydrogens (tertiary/aromatic N) is 1. The number of anilines is 1. The standard InChI is InChI=1S/C14H11FN2/c15-14-12(9-16)7-4-8-13(14)17-10-11-5-2-1-3-6-11/h1-8,17H,10H2. The normalized spacial score (nSPS) is 9.65. The molecule has 2 aromatic rings. The molecule has 0 unspecified atom stereocenters. The minimum atomic E-state index is -0.495. The van der Waals surface area contributed by atoms with Crippen molar-refractivity contribution in [3.63, 3.8) is 0 Å². The molecule has 0 saturated heterocycles. The molecule has 0 aliphatic rings. The van der Waals surface area contributed by atoms with Crippen LogP contribution < -0.4 is 5.32 Å². The lowest BCUT2D eigenvalue weighted by Crippen LogP contribution is -2.02. The molecular weight excluding hydrogens is 215 g/mol. The average molecular weight is 226 g/mol. The number of rotatable bonds is 3. The summed E-state index contributed by atoms with van der Waals surface area (Å²) in [4.78, 5) is 0. The Morgan fingerprint density at radius 2 is 1.82 bits per heavy atom. The lowest BCUT2D eigenvalue weighted by molar-refractivity contribution is 0.626. The molecular formula is C14H11FN2. The second-order valence-electron chi connectivity index (χ2n) is 3.62. The van der Waals surface area contributed by atoms with Crippen LogP contribution in [0.15, 0.2) is 48.5 Å². The van der Waals surface area contributed by atoms with Gasteiger partial charge in [0, 0.05) is 6.54 Å². The highest BCUT2D eigenvalue weighted by Gasteiger charge is 2.06. The first-order valence-corrected chi connectivity index (χ1v) is 5.27. The van der Waals surface area contributed by atoms with Crippen LogP contribution in [-0.2, 0) is 6.54 Å². The molecule has 0 aliphatic heterocycles. The SMILES string of the molecule is N#Cc1cccc(NCc2ccccc2)c1F. The highest BCUT2D eigenvalue weighted by molar-refractivity contribution is 5.51. The number of benzene rings is 2. The van der Waals surface area contributed by atoms with Crippen molar-refractivity contribution in [3.8, 4) is 6.07 Å². The quantitative estimate of drug-likeness (QED) is 0.871. The monoisotopic (exact) mass is 226 g/mol. The summed E-state index contributed by atoms with van der Waals surface area (Å²) >= 11 is 0. The maximum atomic E-state index is 13.7. The Morgan fingerprint density at radius 1 is 1.06 bits per heavy atom. The molecule has 2 rings (SSSR count). The molecule has 0 spiro atoms. The average Bonchev–Trinajstić information content (AvgIpc) is 2.39. The second-order valence-corrected chi connectivity index (χ2v) is 3.62. The van der Waals surface area contributed by atoms with Gasteiger partial charge in [0.05, 0.1) is 11.3 Å². The summed E-state index contributed by atoms with van der Waals surface area (Å²) in [6.45, 7) is 0.534. The highest BCUT2D eigenvalue weighted by atomic mass is 19.1. The van der Waals surface area contributed by atoms with Crippen molar-refractivity contribution in [2.24, 2.45) is 0 Å². The van der Waals surface area contributed by atoms with E-state index in [2.05, 4.69) is 5.32 Å². The summed E-state index contributed by atoms with van der Waals surface area (Å²) in [7, 11) is 0. The third-order valence-corrected chi connectivity index (χ3v) is 2.44. The minimum Gasteiger partial charge on any atom is -0.379 e. The Balaban J connectivity index is 2.13. The van der Waals surface area contributed by atoms with Crippen molar-refractivity contribution < 1.29 is 4.39 Å². The Bertz CT molecular complexity index is 544. The molecule has 0 saturated carbocycles. The summed E-state index contributed by atoms with van der Waals surface area (Å²) in [5.41, 5.74) is 1.48. The molecule has 2 aromatic carbocycles. The first kappa shape index (κ1) is 11.2. The van der Waals surface area contributed by atoms with Gasteiger partial charge >= 0.3 is 0 Å². The van der Waals surface area contributed by atoms with E-state index in [1.807, 2.05) is 36.4 Å². The van der Waals surface area contributed by atoms with E-state index < -0.39 is 5.82 Å². The van der Waals surface area contributed by atoms with Gasteiger partial charge in [0.1, 0.15) is 6.07 Å². The predicted molar refractivity (Wildman–Crippen MR) is 64.9 cm³/mol. The summed E-state index contributed by atoms with van der Waals surface area (Å²) in [5.74, 6) is -0.495. The predicted octanol–water partition coefficient (Wildman–Crippen LogP) is 3.31. The maximum Gasteiger partial charge on any atom is 0.164 e. The van der Waals surface area contributed by atoms with Gasteiger partial charge in [-0.15, -0.1) is 0 Å². The van der Waals surface area contributed by atoms with Gasteiger partial charge < -0.3 is 5.32 Å². The zero-order valence-corrected chi connectivity index (χ0v) is 9.15. The Hall–Kier alpha value is -2.34.